The minimum absolute atomic E-state index is 0.0202. The Kier molecular flexibility index (Phi) is 5.27. The van der Waals surface area contributed by atoms with E-state index in [2.05, 4.69) is 10.1 Å². The summed E-state index contributed by atoms with van der Waals surface area (Å²) < 4.78 is 40.3. The highest BCUT2D eigenvalue weighted by atomic mass is 35.5. The Morgan fingerprint density at radius 1 is 1.15 bits per heavy atom. The Morgan fingerprint density at radius 3 is 2.44 bits per heavy atom. The second kappa shape index (κ2) is 7.48. The van der Waals surface area contributed by atoms with Crippen LogP contribution in [0.5, 0.6) is 5.75 Å². The molecule has 0 unspecified atom stereocenters. The number of carbonyl (C=O) groups excluding carboxylic acids is 2. The standard InChI is InChI=1S/C18H14ClF3N2O3/c19-14-3-1-2-4-15(14)24-10-11(9-16(24)25)17(26)23-12-5-7-13(8-6-12)27-18(20,21)22/h1-8,11H,9-10H2,(H,23,26)/t11-/m1/s1. The number of anilines is 2. The zero-order chi connectivity index (χ0) is 19.6. The molecular formula is C18H14ClF3N2O3. The van der Waals surface area contributed by atoms with Gasteiger partial charge < -0.3 is 15.0 Å². The Hall–Kier alpha value is -2.74. The zero-order valence-corrected chi connectivity index (χ0v) is 14.6. The quantitative estimate of drug-likeness (QED) is 0.838. The van der Waals surface area contributed by atoms with E-state index in [0.717, 1.165) is 12.1 Å². The number of ether oxygens (including phenoxy) is 1. The van der Waals surface area contributed by atoms with Crippen molar-refractivity contribution < 1.29 is 27.5 Å². The average molecular weight is 399 g/mol. The lowest BCUT2D eigenvalue weighted by atomic mass is 10.1. The molecule has 0 spiro atoms. The van der Waals surface area contributed by atoms with Crippen LogP contribution in [0.2, 0.25) is 5.02 Å². The molecular weight excluding hydrogens is 385 g/mol. The molecule has 0 saturated carbocycles. The molecule has 0 aliphatic carbocycles. The molecule has 3 rings (SSSR count). The summed E-state index contributed by atoms with van der Waals surface area (Å²) in [6, 6.07) is 11.6. The summed E-state index contributed by atoms with van der Waals surface area (Å²) in [5, 5.41) is 3.00. The number of hydrogen-bond acceptors (Lipinski definition) is 3. The van der Waals surface area contributed by atoms with E-state index >= 15 is 0 Å². The lowest BCUT2D eigenvalue weighted by Crippen LogP contribution is -2.28. The van der Waals surface area contributed by atoms with E-state index in [-0.39, 0.29) is 24.6 Å². The molecule has 1 atom stereocenters. The van der Waals surface area contributed by atoms with Gasteiger partial charge in [-0.1, -0.05) is 23.7 Å². The van der Waals surface area contributed by atoms with Crippen molar-refractivity contribution in [1.82, 2.24) is 0 Å². The molecule has 142 valence electrons. The molecule has 0 radical (unpaired) electrons. The van der Waals surface area contributed by atoms with Crippen molar-refractivity contribution in [2.75, 3.05) is 16.8 Å². The van der Waals surface area contributed by atoms with Gasteiger partial charge in [-0.25, -0.2) is 0 Å². The van der Waals surface area contributed by atoms with Crippen molar-refractivity contribution >= 4 is 34.8 Å². The van der Waals surface area contributed by atoms with Crippen LogP contribution in [0, 0.1) is 5.92 Å². The van der Waals surface area contributed by atoms with Crippen molar-refractivity contribution in [2.24, 2.45) is 5.92 Å². The SMILES string of the molecule is O=C(Nc1ccc(OC(F)(F)F)cc1)[C@@H]1CC(=O)N(c2ccccc2Cl)C1. The third-order valence-electron chi connectivity index (χ3n) is 3.99. The van der Waals surface area contributed by atoms with Gasteiger partial charge in [0.05, 0.1) is 16.6 Å². The number of benzene rings is 2. The van der Waals surface area contributed by atoms with Gasteiger partial charge in [0.1, 0.15) is 5.75 Å². The van der Waals surface area contributed by atoms with E-state index in [4.69, 9.17) is 11.6 Å². The first-order valence-corrected chi connectivity index (χ1v) is 8.32. The van der Waals surface area contributed by atoms with Crippen LogP contribution < -0.4 is 15.0 Å². The van der Waals surface area contributed by atoms with Gasteiger partial charge in [-0.05, 0) is 36.4 Å². The monoisotopic (exact) mass is 398 g/mol. The summed E-state index contributed by atoms with van der Waals surface area (Å²) in [7, 11) is 0. The Balaban J connectivity index is 1.64. The first-order chi connectivity index (χ1) is 12.7. The number of alkyl halides is 3. The fourth-order valence-electron chi connectivity index (χ4n) is 2.77. The van der Waals surface area contributed by atoms with E-state index in [1.807, 2.05) is 0 Å². The van der Waals surface area contributed by atoms with Crippen LogP contribution in [0.15, 0.2) is 48.5 Å². The smallest absolute Gasteiger partial charge is 0.406 e. The van der Waals surface area contributed by atoms with Gasteiger partial charge in [-0.3, -0.25) is 9.59 Å². The zero-order valence-electron chi connectivity index (χ0n) is 13.8. The van der Waals surface area contributed by atoms with Crippen molar-refractivity contribution in [3.05, 3.63) is 53.6 Å². The van der Waals surface area contributed by atoms with Gasteiger partial charge in [-0.2, -0.15) is 0 Å². The van der Waals surface area contributed by atoms with Crippen LogP contribution in [-0.4, -0.2) is 24.7 Å². The van der Waals surface area contributed by atoms with Gasteiger partial charge in [0.15, 0.2) is 0 Å². The molecule has 9 heteroatoms. The maximum atomic E-state index is 12.4. The largest absolute Gasteiger partial charge is 0.573 e. The highest BCUT2D eigenvalue weighted by Gasteiger charge is 2.36. The summed E-state index contributed by atoms with van der Waals surface area (Å²) in [6.07, 6.45) is -4.76. The van der Waals surface area contributed by atoms with E-state index in [1.165, 1.54) is 17.0 Å². The fourth-order valence-corrected chi connectivity index (χ4v) is 3.01. The van der Waals surface area contributed by atoms with Gasteiger partial charge in [0.25, 0.3) is 0 Å². The molecule has 1 N–H and O–H groups in total. The van der Waals surface area contributed by atoms with Crippen LogP contribution >= 0.6 is 11.6 Å². The summed E-state index contributed by atoms with van der Waals surface area (Å²) >= 11 is 6.10. The second-order valence-corrected chi connectivity index (χ2v) is 6.33. The minimum Gasteiger partial charge on any atom is -0.406 e. The Bertz CT molecular complexity index is 856. The topological polar surface area (TPSA) is 58.6 Å². The number of hydrogen-bond donors (Lipinski definition) is 1. The number of halogens is 4. The summed E-state index contributed by atoms with van der Waals surface area (Å²) in [6.45, 7) is 0.170. The number of para-hydroxylation sites is 1. The van der Waals surface area contributed by atoms with Gasteiger partial charge >= 0.3 is 6.36 Å². The molecule has 27 heavy (non-hydrogen) atoms. The number of amides is 2. The predicted octanol–water partition coefficient (Wildman–Crippen LogP) is 4.23. The molecule has 1 aliphatic rings. The average Bonchev–Trinajstić information content (AvgIpc) is 2.97. The number of nitrogens with one attached hydrogen (secondary N) is 1. The maximum Gasteiger partial charge on any atom is 0.573 e. The van der Waals surface area contributed by atoms with Crippen molar-refractivity contribution in [3.8, 4) is 5.75 Å². The third kappa shape index (κ3) is 4.71. The van der Waals surface area contributed by atoms with E-state index in [0.29, 0.717) is 16.4 Å². The Morgan fingerprint density at radius 2 is 1.81 bits per heavy atom. The number of rotatable bonds is 4. The van der Waals surface area contributed by atoms with Crippen LogP contribution in [0.1, 0.15) is 6.42 Å². The maximum absolute atomic E-state index is 12.4. The van der Waals surface area contributed by atoms with Crippen LogP contribution in [0.25, 0.3) is 0 Å². The molecule has 1 fully saturated rings. The molecule has 2 aromatic carbocycles. The van der Waals surface area contributed by atoms with Crippen molar-refractivity contribution in [1.29, 1.82) is 0 Å². The van der Waals surface area contributed by atoms with Gasteiger partial charge in [0.2, 0.25) is 11.8 Å². The molecule has 1 heterocycles. The summed E-state index contributed by atoms with van der Waals surface area (Å²) in [4.78, 5) is 26.1. The number of carbonyl (C=O) groups is 2. The number of nitrogens with zero attached hydrogens (tertiary/aromatic N) is 1. The van der Waals surface area contributed by atoms with Crippen LogP contribution in [-0.2, 0) is 9.59 Å². The lowest BCUT2D eigenvalue weighted by Gasteiger charge is -2.18. The minimum atomic E-state index is -4.78. The molecule has 1 aliphatic heterocycles. The fraction of sp³-hybridized carbons (Fsp3) is 0.222. The first kappa shape index (κ1) is 19.0. The van der Waals surface area contributed by atoms with E-state index in [9.17, 15) is 22.8 Å². The van der Waals surface area contributed by atoms with E-state index in [1.54, 1.807) is 24.3 Å². The highest BCUT2D eigenvalue weighted by Crippen LogP contribution is 2.31. The highest BCUT2D eigenvalue weighted by molar-refractivity contribution is 6.33. The second-order valence-electron chi connectivity index (χ2n) is 5.92. The molecule has 5 nitrogen and oxygen atoms in total. The predicted molar refractivity (Wildman–Crippen MR) is 93.7 cm³/mol. The Labute approximate surface area is 157 Å². The van der Waals surface area contributed by atoms with E-state index < -0.39 is 18.2 Å². The van der Waals surface area contributed by atoms with Crippen molar-refractivity contribution in [3.63, 3.8) is 0 Å². The normalized spacial score (nSPS) is 17.1. The summed E-state index contributed by atoms with van der Waals surface area (Å²) in [5.41, 5.74) is 0.839. The lowest BCUT2D eigenvalue weighted by molar-refractivity contribution is -0.274. The third-order valence-corrected chi connectivity index (χ3v) is 4.31. The first-order valence-electron chi connectivity index (χ1n) is 7.94. The molecule has 1 saturated heterocycles. The van der Waals surface area contributed by atoms with Gasteiger partial charge in [-0.15, -0.1) is 13.2 Å². The van der Waals surface area contributed by atoms with Crippen LogP contribution in [0.4, 0.5) is 24.5 Å². The summed E-state index contributed by atoms with van der Waals surface area (Å²) in [5.74, 6) is -1.61. The molecule has 2 amide bonds. The molecule has 2 aromatic rings. The van der Waals surface area contributed by atoms with Crippen molar-refractivity contribution in [2.45, 2.75) is 12.8 Å². The molecule has 0 bridgehead atoms. The van der Waals surface area contributed by atoms with Gasteiger partial charge in [0, 0.05) is 18.7 Å². The van der Waals surface area contributed by atoms with Crippen LogP contribution in [0.3, 0.4) is 0 Å². The molecule has 0 aromatic heterocycles.